The van der Waals surface area contributed by atoms with E-state index in [2.05, 4.69) is 48.1 Å². The van der Waals surface area contributed by atoms with E-state index in [9.17, 15) is 13.8 Å². The third-order valence-corrected chi connectivity index (χ3v) is 16.1. The molecule has 3 amide bonds. The smallest absolute Gasteiger partial charge is 0.329 e. The first-order valence-electron chi connectivity index (χ1n) is 21.0. The third-order valence-electron chi connectivity index (χ3n) is 13.9. The number of rotatable bonds is 3. The molecule has 308 valence electrons. The highest BCUT2D eigenvalue weighted by Gasteiger charge is 2.45. The van der Waals surface area contributed by atoms with E-state index in [-0.39, 0.29) is 29.2 Å². The summed E-state index contributed by atoms with van der Waals surface area (Å²) in [6.07, 6.45) is 10.0. The number of carbonyl (C=O) groups excluding carboxylic acids is 2. The summed E-state index contributed by atoms with van der Waals surface area (Å²) < 4.78 is 40.5. The van der Waals surface area contributed by atoms with E-state index in [1.807, 2.05) is 25.1 Å². The van der Waals surface area contributed by atoms with Crippen LogP contribution in [0.15, 0.2) is 52.9 Å². The van der Waals surface area contributed by atoms with Crippen molar-refractivity contribution in [2.75, 3.05) is 89.9 Å². The molecule has 2 aromatic carbocycles. The Kier molecular flexibility index (Phi) is 11.1. The molecule has 3 saturated heterocycles. The number of benzene rings is 2. The average molecular weight is 821 g/mol. The number of nitrogens with zero attached hydrogens (tertiary/aromatic N) is 5. The van der Waals surface area contributed by atoms with Crippen LogP contribution in [0.1, 0.15) is 60.5 Å². The van der Waals surface area contributed by atoms with Crippen LogP contribution >= 0.6 is 11.6 Å². The van der Waals surface area contributed by atoms with Crippen molar-refractivity contribution in [3.05, 3.63) is 70.3 Å². The van der Waals surface area contributed by atoms with Gasteiger partial charge in [0.15, 0.2) is 0 Å². The van der Waals surface area contributed by atoms with Crippen LogP contribution in [0.5, 0.6) is 5.75 Å². The average Bonchev–Trinajstić information content (AvgIpc) is 3.31. The number of allylic oxidation sites excluding steroid dienone is 1. The van der Waals surface area contributed by atoms with Gasteiger partial charge in [0.05, 0.1) is 37.4 Å². The highest BCUT2D eigenvalue weighted by Crippen LogP contribution is 2.47. The number of methoxy groups -OCH3 is 1. The second-order valence-corrected chi connectivity index (χ2v) is 20.1. The molecular formula is C43H57ClN6O6S. The predicted molar refractivity (Wildman–Crippen MR) is 222 cm³/mol. The maximum Gasteiger partial charge on any atom is 0.329 e. The number of hydrogen-bond donors (Lipinski definition) is 1. The van der Waals surface area contributed by atoms with Crippen molar-refractivity contribution < 1.29 is 28.0 Å². The Morgan fingerprint density at radius 1 is 1.05 bits per heavy atom. The number of hydrogen-bond acceptors (Lipinski definition) is 9. The van der Waals surface area contributed by atoms with Crippen molar-refractivity contribution >= 4 is 39.1 Å². The molecule has 4 fully saturated rings. The lowest BCUT2D eigenvalue weighted by molar-refractivity contribution is -0.0665. The minimum atomic E-state index is -3.50. The van der Waals surface area contributed by atoms with Gasteiger partial charge < -0.3 is 24.0 Å². The highest BCUT2D eigenvalue weighted by molar-refractivity contribution is 7.92. The van der Waals surface area contributed by atoms with E-state index in [0.717, 1.165) is 101 Å². The second kappa shape index (κ2) is 16.1. The number of amides is 3. The molecule has 2 aromatic rings. The number of nitrogens with one attached hydrogen (secondary N) is 1. The molecule has 0 radical (unpaired) electrons. The lowest BCUT2D eigenvalue weighted by Crippen LogP contribution is -2.68. The van der Waals surface area contributed by atoms with Crippen LogP contribution in [-0.4, -0.2) is 134 Å². The highest BCUT2D eigenvalue weighted by atomic mass is 35.5. The Hall–Kier alpha value is -3.20. The first-order chi connectivity index (χ1) is 27.6. The molecule has 1 unspecified atom stereocenters. The first kappa shape index (κ1) is 39.3. The van der Waals surface area contributed by atoms with Gasteiger partial charge in [-0.05, 0) is 97.7 Å². The fraction of sp³-hybridized carbons (Fsp3) is 0.628. The molecule has 9 rings (SSSR count). The van der Waals surface area contributed by atoms with Gasteiger partial charge in [0.1, 0.15) is 15.7 Å². The fourth-order valence-electron chi connectivity index (χ4n) is 10.5. The summed E-state index contributed by atoms with van der Waals surface area (Å²) in [4.78, 5) is 37.0. The lowest BCUT2D eigenvalue weighted by Gasteiger charge is -2.51. The van der Waals surface area contributed by atoms with Crippen LogP contribution in [0.2, 0.25) is 5.02 Å². The van der Waals surface area contributed by atoms with Crippen molar-refractivity contribution in [2.24, 2.45) is 22.1 Å². The summed E-state index contributed by atoms with van der Waals surface area (Å²) in [6.45, 7) is 10.5. The van der Waals surface area contributed by atoms with E-state index in [1.54, 1.807) is 18.1 Å². The molecule has 1 saturated carbocycles. The number of morpholine rings is 1. The molecule has 1 spiro atoms. The Morgan fingerprint density at radius 2 is 1.91 bits per heavy atom. The number of halogens is 1. The van der Waals surface area contributed by atoms with Gasteiger partial charge in [-0.2, -0.15) is 0 Å². The zero-order valence-electron chi connectivity index (χ0n) is 33.3. The first-order valence-corrected chi connectivity index (χ1v) is 23.1. The molecule has 5 heterocycles. The van der Waals surface area contributed by atoms with E-state index in [1.165, 1.54) is 11.1 Å². The molecule has 2 bridgehead atoms. The number of carbonyl (C=O) groups is 2. The third kappa shape index (κ3) is 7.96. The molecule has 5 aliphatic heterocycles. The number of anilines is 1. The minimum Gasteiger partial charge on any atom is -0.490 e. The normalized spacial score (nSPS) is 34.3. The van der Waals surface area contributed by atoms with Crippen LogP contribution < -0.4 is 14.4 Å². The van der Waals surface area contributed by atoms with Crippen molar-refractivity contribution in [2.45, 2.75) is 69.1 Å². The van der Waals surface area contributed by atoms with Gasteiger partial charge in [-0.1, -0.05) is 36.7 Å². The summed E-state index contributed by atoms with van der Waals surface area (Å²) in [5, 5.41) is 0.747. The van der Waals surface area contributed by atoms with Crippen LogP contribution in [-0.2, 0) is 31.2 Å². The van der Waals surface area contributed by atoms with Gasteiger partial charge in [0, 0.05) is 87.6 Å². The van der Waals surface area contributed by atoms with Crippen molar-refractivity contribution in [1.29, 1.82) is 0 Å². The van der Waals surface area contributed by atoms with Crippen molar-refractivity contribution in [3.63, 3.8) is 0 Å². The predicted octanol–water partition coefficient (Wildman–Crippen LogP) is 5.38. The number of likely N-dealkylation sites (tertiary alicyclic amines) is 1. The monoisotopic (exact) mass is 820 g/mol. The van der Waals surface area contributed by atoms with Crippen molar-refractivity contribution in [1.82, 2.24) is 19.4 Å². The maximum absolute atomic E-state index is 14.8. The number of fused-ring (bicyclic) bond motifs is 5. The Balaban J connectivity index is 0.999. The summed E-state index contributed by atoms with van der Waals surface area (Å²) in [5.41, 5.74) is 3.47. The molecule has 1 N–H and O–H groups in total. The number of piperazine rings is 1. The molecular weight excluding hydrogens is 764 g/mol. The summed E-state index contributed by atoms with van der Waals surface area (Å²) in [7, 11) is -1.71. The van der Waals surface area contributed by atoms with Gasteiger partial charge in [-0.3, -0.25) is 19.3 Å². The molecule has 12 nitrogen and oxygen atoms in total. The van der Waals surface area contributed by atoms with Gasteiger partial charge in [-0.25, -0.2) is 9.00 Å². The van der Waals surface area contributed by atoms with Crippen LogP contribution in [0.3, 0.4) is 0 Å². The maximum atomic E-state index is 14.8. The van der Waals surface area contributed by atoms with Crippen molar-refractivity contribution in [3.8, 4) is 5.75 Å². The zero-order chi connectivity index (χ0) is 39.3. The number of ether oxygens (including phenoxy) is 3. The van der Waals surface area contributed by atoms with Gasteiger partial charge in [-0.15, -0.1) is 4.36 Å². The van der Waals surface area contributed by atoms with E-state index in [4.69, 9.17) is 25.8 Å². The quantitative estimate of drug-likeness (QED) is 0.408. The van der Waals surface area contributed by atoms with Crippen LogP contribution in [0.4, 0.5) is 10.5 Å². The minimum absolute atomic E-state index is 0.0472. The molecule has 7 atom stereocenters. The van der Waals surface area contributed by atoms with Gasteiger partial charge >= 0.3 is 6.03 Å². The van der Waals surface area contributed by atoms with Gasteiger partial charge in [0.25, 0.3) is 5.91 Å². The fourth-order valence-corrected chi connectivity index (χ4v) is 12.6. The molecule has 2 aliphatic carbocycles. The van der Waals surface area contributed by atoms with Gasteiger partial charge in [0.2, 0.25) is 0 Å². The van der Waals surface area contributed by atoms with E-state index >= 15 is 0 Å². The Bertz CT molecular complexity index is 2020. The summed E-state index contributed by atoms with van der Waals surface area (Å²) >= 11 is 6.49. The summed E-state index contributed by atoms with van der Waals surface area (Å²) in [5.74, 6) is 0.782. The SMILES string of the molecule is CO[C@H]1/C=C/C[C@H](C)CS(=O)(NC(=O)N2CC(N3CCN4CCOC[C@@H]4C3)C2)=NC(=O)c2ccc3c(c2)N(C[C@@H]2CC[C@H]21)C[C@@]1(CCCc2cc(Cl)ccc21)CO3. The van der Waals surface area contributed by atoms with Crippen LogP contribution in [0.25, 0.3) is 0 Å². The van der Waals surface area contributed by atoms with E-state index in [0.29, 0.717) is 49.6 Å². The standard InChI is InChI=1S/C43H57ClN6O6S/c1-29-5-3-7-39(54-2)36-11-8-32(36)21-50-27-43(14-4-6-30-19-33(44)10-12-37(30)43)28-56-40-13-9-31(20-38(40)50)41(51)45-57(53,26-29)46-42(52)49-22-34(23-49)48-16-15-47-17-18-55-25-35(47)24-48/h3,7,9-10,12-13,19-20,29,32,34-36,39H,4-6,8,11,14-18,21-28H2,1-2H3,(H,45,46,51,52,53)/b7-3+/t29-,32-,35-,36+,39-,43-,57?/m0/s1. The topological polar surface area (TPSA) is 116 Å². The van der Waals surface area contributed by atoms with E-state index < -0.39 is 21.9 Å². The zero-order valence-corrected chi connectivity index (χ0v) is 34.9. The Labute approximate surface area is 342 Å². The Morgan fingerprint density at radius 3 is 2.74 bits per heavy atom. The number of aryl methyl sites for hydroxylation is 1. The second-order valence-electron chi connectivity index (χ2n) is 17.7. The molecule has 7 aliphatic rings. The van der Waals surface area contributed by atoms with Crippen LogP contribution in [0, 0.1) is 17.8 Å². The molecule has 57 heavy (non-hydrogen) atoms. The lowest BCUT2D eigenvalue weighted by atomic mass is 9.68. The molecule has 14 heteroatoms. The number of urea groups is 1. The largest absolute Gasteiger partial charge is 0.490 e. The summed E-state index contributed by atoms with van der Waals surface area (Å²) in [6, 6.07) is 11.9. The molecule has 0 aromatic heterocycles.